The highest BCUT2D eigenvalue weighted by atomic mass is 32.2. The Hall–Kier alpha value is -1.95. The molecule has 1 heterocycles. The number of Topliss-reactive ketones (excluding diaryl/α,β-unsaturated/α-hetero) is 1. The molecule has 1 N–H and O–H groups in total. The highest BCUT2D eigenvalue weighted by Crippen LogP contribution is 2.64. The average Bonchev–Trinajstić information content (AvgIpc) is 2.88. The molecule has 2 fully saturated rings. The number of sulfonamides is 1. The van der Waals surface area contributed by atoms with Crippen molar-refractivity contribution < 1.29 is 13.2 Å². The Kier molecular flexibility index (Phi) is 3.71. The van der Waals surface area contributed by atoms with Crippen LogP contribution in [0.1, 0.15) is 38.8 Å². The maximum atomic E-state index is 13.0. The first-order valence-electron chi connectivity index (χ1n) is 9.05. The standard InChI is InChI=1S/C20H24N2O3S/c1-13-10-17(15-6-4-5-7-16(15)21-13)22-26(24,25)12-20-9-8-14(11-18(20)23)19(20,2)3/h4-7,10,14H,8-9,11-12H2,1-3H3,(H,21,22)/t14-,20-/m1/s1. The van der Waals surface area contributed by atoms with Crippen LogP contribution in [-0.4, -0.2) is 24.9 Å². The largest absolute Gasteiger partial charge is 0.299 e. The Bertz CT molecular complexity index is 1010. The van der Waals surface area contributed by atoms with Crippen molar-refractivity contribution in [3.8, 4) is 0 Å². The number of ketones is 1. The summed E-state index contributed by atoms with van der Waals surface area (Å²) >= 11 is 0. The van der Waals surface area contributed by atoms with Gasteiger partial charge >= 0.3 is 0 Å². The minimum atomic E-state index is -3.67. The third kappa shape index (κ3) is 2.46. The molecule has 0 aliphatic heterocycles. The lowest BCUT2D eigenvalue weighted by Crippen LogP contribution is -2.43. The Morgan fingerprint density at radius 2 is 2.00 bits per heavy atom. The number of para-hydroxylation sites is 1. The van der Waals surface area contributed by atoms with Gasteiger partial charge in [0.1, 0.15) is 5.78 Å². The molecule has 0 saturated heterocycles. The molecule has 2 aromatic rings. The van der Waals surface area contributed by atoms with Gasteiger partial charge in [-0.2, -0.15) is 0 Å². The van der Waals surface area contributed by atoms with Gasteiger partial charge in [0, 0.05) is 17.5 Å². The van der Waals surface area contributed by atoms with Gasteiger partial charge in [0.15, 0.2) is 0 Å². The molecular weight excluding hydrogens is 348 g/mol. The third-order valence-electron chi connectivity index (χ3n) is 6.69. The van der Waals surface area contributed by atoms with Crippen LogP contribution >= 0.6 is 0 Å². The summed E-state index contributed by atoms with van der Waals surface area (Å²) in [7, 11) is -3.67. The first-order valence-corrected chi connectivity index (χ1v) is 10.7. The number of anilines is 1. The first-order chi connectivity index (χ1) is 12.1. The van der Waals surface area contributed by atoms with E-state index in [9.17, 15) is 13.2 Å². The number of hydrogen-bond acceptors (Lipinski definition) is 4. The van der Waals surface area contributed by atoms with Crippen molar-refractivity contribution in [1.29, 1.82) is 0 Å². The molecule has 2 bridgehead atoms. The van der Waals surface area contributed by atoms with E-state index in [1.54, 1.807) is 6.07 Å². The van der Waals surface area contributed by atoms with Crippen molar-refractivity contribution in [3.63, 3.8) is 0 Å². The Morgan fingerprint density at radius 1 is 1.27 bits per heavy atom. The topological polar surface area (TPSA) is 76.1 Å². The zero-order valence-corrected chi connectivity index (χ0v) is 16.2. The predicted molar refractivity (Wildman–Crippen MR) is 102 cm³/mol. The summed E-state index contributed by atoms with van der Waals surface area (Å²) < 4.78 is 28.8. The Labute approximate surface area is 154 Å². The van der Waals surface area contributed by atoms with E-state index in [1.807, 2.05) is 31.2 Å². The lowest BCUT2D eigenvalue weighted by atomic mass is 9.70. The molecule has 2 atom stereocenters. The van der Waals surface area contributed by atoms with Crippen molar-refractivity contribution in [2.24, 2.45) is 16.7 Å². The summed E-state index contributed by atoms with van der Waals surface area (Å²) in [6.45, 7) is 5.95. The molecule has 1 aromatic heterocycles. The van der Waals surface area contributed by atoms with Crippen LogP contribution in [-0.2, 0) is 14.8 Å². The van der Waals surface area contributed by atoms with Crippen LogP contribution in [0.2, 0.25) is 0 Å². The van der Waals surface area contributed by atoms with Crippen molar-refractivity contribution in [2.45, 2.75) is 40.0 Å². The summed E-state index contributed by atoms with van der Waals surface area (Å²) in [5.74, 6) is 0.270. The van der Waals surface area contributed by atoms with Crippen molar-refractivity contribution in [2.75, 3.05) is 10.5 Å². The number of rotatable bonds is 4. The number of hydrogen-bond donors (Lipinski definition) is 1. The summed E-state index contributed by atoms with van der Waals surface area (Å²) in [6, 6.07) is 9.21. The van der Waals surface area contributed by atoms with Crippen LogP contribution in [0.25, 0.3) is 10.9 Å². The van der Waals surface area contributed by atoms with Crippen LogP contribution in [0.4, 0.5) is 5.69 Å². The van der Waals surface area contributed by atoms with Crippen molar-refractivity contribution in [1.82, 2.24) is 4.98 Å². The molecule has 0 unspecified atom stereocenters. The number of aromatic nitrogens is 1. The van der Waals surface area contributed by atoms with Gasteiger partial charge in [-0.3, -0.25) is 14.5 Å². The number of fused-ring (bicyclic) bond motifs is 3. The van der Waals surface area contributed by atoms with E-state index in [-0.39, 0.29) is 17.0 Å². The van der Waals surface area contributed by atoms with Gasteiger partial charge in [0.2, 0.25) is 10.0 Å². The molecular formula is C20H24N2O3S. The maximum Gasteiger partial charge on any atom is 0.233 e. The Morgan fingerprint density at radius 3 is 2.65 bits per heavy atom. The number of carbonyl (C=O) groups excluding carboxylic acids is 1. The molecule has 4 rings (SSSR count). The van der Waals surface area contributed by atoms with E-state index < -0.39 is 15.4 Å². The molecule has 0 spiro atoms. The van der Waals surface area contributed by atoms with Gasteiger partial charge in [-0.05, 0) is 43.2 Å². The number of nitrogens with zero attached hydrogens (tertiary/aromatic N) is 1. The fourth-order valence-electron chi connectivity index (χ4n) is 5.03. The highest BCUT2D eigenvalue weighted by molar-refractivity contribution is 7.92. The molecule has 2 saturated carbocycles. The van der Waals surface area contributed by atoms with Gasteiger partial charge in [-0.15, -0.1) is 0 Å². The summed E-state index contributed by atoms with van der Waals surface area (Å²) in [6.07, 6.45) is 2.12. The number of pyridine rings is 1. The molecule has 2 aliphatic rings. The van der Waals surface area contributed by atoms with Crippen LogP contribution < -0.4 is 4.72 Å². The van der Waals surface area contributed by atoms with Crippen molar-refractivity contribution >= 4 is 32.4 Å². The SMILES string of the molecule is Cc1cc(NS(=O)(=O)C[C@]23CC[C@H](CC2=O)C3(C)C)c2ccccc2n1. The van der Waals surface area contributed by atoms with Gasteiger partial charge in [-0.25, -0.2) is 8.42 Å². The molecule has 1 aromatic carbocycles. The second-order valence-corrected chi connectivity index (χ2v) is 10.1. The zero-order valence-electron chi connectivity index (χ0n) is 15.4. The molecule has 6 heteroatoms. The van der Waals surface area contributed by atoms with Crippen LogP contribution in [0.3, 0.4) is 0 Å². The molecule has 26 heavy (non-hydrogen) atoms. The third-order valence-corrected chi connectivity index (χ3v) is 8.09. The molecule has 0 amide bonds. The van der Waals surface area contributed by atoms with Gasteiger partial charge < -0.3 is 0 Å². The fourth-order valence-corrected chi connectivity index (χ4v) is 6.93. The first kappa shape index (κ1) is 17.5. The molecule has 138 valence electrons. The van der Waals surface area contributed by atoms with Gasteiger partial charge in [0.05, 0.1) is 22.4 Å². The smallest absolute Gasteiger partial charge is 0.233 e. The quantitative estimate of drug-likeness (QED) is 0.888. The van der Waals surface area contributed by atoms with E-state index in [0.29, 0.717) is 24.4 Å². The molecule has 0 radical (unpaired) electrons. The lowest BCUT2D eigenvalue weighted by Gasteiger charge is -2.36. The average molecular weight is 372 g/mol. The van der Waals surface area contributed by atoms with E-state index in [1.165, 1.54) is 0 Å². The fraction of sp³-hybridized carbons (Fsp3) is 0.500. The van der Waals surface area contributed by atoms with E-state index in [0.717, 1.165) is 23.0 Å². The normalized spacial score (nSPS) is 27.2. The second kappa shape index (κ2) is 5.52. The van der Waals surface area contributed by atoms with E-state index in [4.69, 9.17) is 0 Å². The van der Waals surface area contributed by atoms with Crippen molar-refractivity contribution in [3.05, 3.63) is 36.0 Å². The minimum absolute atomic E-state index is 0.111. The zero-order chi connectivity index (χ0) is 18.7. The minimum Gasteiger partial charge on any atom is -0.299 e. The number of aryl methyl sites for hydroxylation is 1. The summed E-state index contributed by atoms with van der Waals surface area (Å²) in [4.78, 5) is 17.1. The van der Waals surface area contributed by atoms with E-state index in [2.05, 4.69) is 23.6 Å². The summed E-state index contributed by atoms with van der Waals surface area (Å²) in [5.41, 5.74) is 0.998. The van der Waals surface area contributed by atoms with Gasteiger partial charge in [0.25, 0.3) is 0 Å². The van der Waals surface area contributed by atoms with Crippen LogP contribution in [0, 0.1) is 23.7 Å². The second-order valence-electron chi connectivity index (χ2n) is 8.36. The molecule has 5 nitrogen and oxygen atoms in total. The van der Waals surface area contributed by atoms with Crippen LogP contribution in [0.5, 0.6) is 0 Å². The Balaban J connectivity index is 1.70. The predicted octanol–water partition coefficient (Wildman–Crippen LogP) is 3.68. The highest BCUT2D eigenvalue weighted by Gasteiger charge is 2.65. The van der Waals surface area contributed by atoms with Gasteiger partial charge in [-0.1, -0.05) is 32.0 Å². The number of benzene rings is 1. The maximum absolute atomic E-state index is 13.0. The van der Waals surface area contributed by atoms with Crippen LogP contribution in [0.15, 0.2) is 30.3 Å². The lowest BCUT2D eigenvalue weighted by molar-refractivity contribution is -0.128. The number of carbonyl (C=O) groups is 1. The molecule has 2 aliphatic carbocycles. The summed E-state index contributed by atoms with van der Waals surface area (Å²) in [5, 5.41) is 0.764. The monoisotopic (exact) mass is 372 g/mol. The van der Waals surface area contributed by atoms with E-state index >= 15 is 0 Å². The number of nitrogens with one attached hydrogen (secondary N) is 1.